The van der Waals surface area contributed by atoms with E-state index in [1.54, 1.807) is 18.3 Å². The molecule has 7 heteroatoms. The summed E-state index contributed by atoms with van der Waals surface area (Å²) < 4.78 is 6.56. The number of fused-ring (bicyclic) bond motifs is 1. The molecule has 0 spiro atoms. The Hall–Kier alpha value is -4.52. The van der Waals surface area contributed by atoms with Crippen molar-refractivity contribution in [2.75, 3.05) is 60.9 Å². The topological polar surface area (TPSA) is 52.2 Å². The highest BCUT2D eigenvalue weighted by molar-refractivity contribution is 5.96. The number of anilines is 5. The Labute approximate surface area is 243 Å². The fourth-order valence-electron chi connectivity index (χ4n) is 5.66. The standard InChI is InChI=1S/C34H39N5O2/c1-8-38(9-2)29-20-21-31(24(3)23-29)34(32-30(33(40)41-34)11-10-22-35-32)39(27-16-12-25(13-17-27)36(4)5)28-18-14-26(15-19-28)37(6)7/h10-23H,8-9H2,1-7H3. The fraction of sp³-hybridized carbons (Fsp3) is 0.294. The highest BCUT2D eigenvalue weighted by Crippen LogP contribution is 2.50. The zero-order valence-electron chi connectivity index (χ0n) is 25.0. The Balaban J connectivity index is 1.81. The molecule has 0 bridgehead atoms. The molecule has 2 heterocycles. The van der Waals surface area contributed by atoms with E-state index in [-0.39, 0.29) is 5.97 Å². The van der Waals surface area contributed by atoms with Crippen LogP contribution in [0.25, 0.3) is 0 Å². The first-order valence-corrected chi connectivity index (χ1v) is 14.1. The number of rotatable bonds is 9. The van der Waals surface area contributed by atoms with E-state index in [9.17, 15) is 4.79 Å². The van der Waals surface area contributed by atoms with Crippen molar-refractivity contribution >= 4 is 34.4 Å². The summed E-state index contributed by atoms with van der Waals surface area (Å²) in [7, 11) is 8.09. The van der Waals surface area contributed by atoms with Gasteiger partial charge in [0.25, 0.3) is 5.72 Å². The number of carbonyl (C=O) groups is 1. The van der Waals surface area contributed by atoms with Crippen molar-refractivity contribution in [3.05, 3.63) is 107 Å². The van der Waals surface area contributed by atoms with Gasteiger partial charge in [-0.3, -0.25) is 9.88 Å². The molecule has 4 aromatic rings. The third-order valence-corrected chi connectivity index (χ3v) is 7.86. The highest BCUT2D eigenvalue weighted by atomic mass is 16.6. The Kier molecular flexibility index (Phi) is 7.63. The normalized spacial score (nSPS) is 15.7. The number of cyclic esters (lactones) is 1. The molecule has 1 atom stereocenters. The van der Waals surface area contributed by atoms with Crippen LogP contribution in [0, 0.1) is 6.92 Å². The van der Waals surface area contributed by atoms with E-state index < -0.39 is 5.72 Å². The number of hydrogen-bond donors (Lipinski definition) is 0. The highest BCUT2D eigenvalue weighted by Gasteiger charge is 2.54. The minimum atomic E-state index is -1.32. The summed E-state index contributed by atoms with van der Waals surface area (Å²) in [6, 6.07) is 26.6. The van der Waals surface area contributed by atoms with Gasteiger partial charge >= 0.3 is 5.97 Å². The number of carbonyl (C=O) groups excluding carboxylic acids is 1. The molecule has 1 unspecified atom stereocenters. The molecule has 3 aromatic carbocycles. The van der Waals surface area contributed by atoms with Crippen LogP contribution in [0.4, 0.5) is 28.4 Å². The molecule has 41 heavy (non-hydrogen) atoms. The largest absolute Gasteiger partial charge is 0.424 e. The van der Waals surface area contributed by atoms with E-state index in [4.69, 9.17) is 9.72 Å². The minimum Gasteiger partial charge on any atom is -0.424 e. The van der Waals surface area contributed by atoms with E-state index >= 15 is 0 Å². The molecular weight excluding hydrogens is 510 g/mol. The zero-order chi connectivity index (χ0) is 29.3. The van der Waals surface area contributed by atoms with Crippen LogP contribution in [0.3, 0.4) is 0 Å². The van der Waals surface area contributed by atoms with Crippen molar-refractivity contribution in [1.82, 2.24) is 4.98 Å². The van der Waals surface area contributed by atoms with Crippen LogP contribution in [0.15, 0.2) is 85.1 Å². The van der Waals surface area contributed by atoms with Crippen LogP contribution in [0.1, 0.15) is 41.0 Å². The van der Waals surface area contributed by atoms with Gasteiger partial charge in [-0.05, 0) is 99.1 Å². The van der Waals surface area contributed by atoms with Crippen LogP contribution >= 0.6 is 0 Å². The Morgan fingerprint density at radius 3 is 1.73 bits per heavy atom. The monoisotopic (exact) mass is 549 g/mol. The molecule has 0 radical (unpaired) electrons. The quantitative estimate of drug-likeness (QED) is 0.219. The van der Waals surface area contributed by atoms with E-state index in [2.05, 4.69) is 107 Å². The summed E-state index contributed by atoms with van der Waals surface area (Å²) in [5, 5.41) is 0. The maximum Gasteiger partial charge on any atom is 0.342 e. The molecule has 1 aliphatic heterocycles. The molecule has 212 valence electrons. The maximum absolute atomic E-state index is 13.6. The molecule has 7 nitrogen and oxygen atoms in total. The molecular formula is C34H39N5O2. The van der Waals surface area contributed by atoms with Crippen molar-refractivity contribution in [1.29, 1.82) is 0 Å². The maximum atomic E-state index is 13.6. The number of aromatic nitrogens is 1. The van der Waals surface area contributed by atoms with Gasteiger partial charge in [0, 0.05) is 81.5 Å². The lowest BCUT2D eigenvalue weighted by molar-refractivity contribution is 0.0120. The van der Waals surface area contributed by atoms with Crippen molar-refractivity contribution < 1.29 is 9.53 Å². The fourth-order valence-corrected chi connectivity index (χ4v) is 5.66. The van der Waals surface area contributed by atoms with Gasteiger partial charge in [-0.15, -0.1) is 0 Å². The van der Waals surface area contributed by atoms with Crippen molar-refractivity contribution in [3.63, 3.8) is 0 Å². The first-order valence-electron chi connectivity index (χ1n) is 14.1. The lowest BCUT2D eigenvalue weighted by atomic mass is 9.90. The lowest BCUT2D eigenvalue weighted by Gasteiger charge is -2.42. The van der Waals surface area contributed by atoms with Crippen molar-refractivity contribution in [2.45, 2.75) is 26.5 Å². The summed E-state index contributed by atoms with van der Waals surface area (Å²) in [6.07, 6.45) is 1.73. The van der Waals surface area contributed by atoms with Crippen LogP contribution in [0.5, 0.6) is 0 Å². The van der Waals surface area contributed by atoms with Crippen molar-refractivity contribution in [2.24, 2.45) is 0 Å². The van der Waals surface area contributed by atoms with Crippen LogP contribution in [-0.4, -0.2) is 52.2 Å². The molecule has 0 saturated carbocycles. The van der Waals surface area contributed by atoms with E-state index in [1.807, 2.05) is 28.2 Å². The Morgan fingerprint density at radius 2 is 1.24 bits per heavy atom. The second kappa shape index (κ2) is 11.2. The second-order valence-corrected chi connectivity index (χ2v) is 10.8. The molecule has 1 aromatic heterocycles. The smallest absolute Gasteiger partial charge is 0.342 e. The first kappa shape index (κ1) is 28.0. The van der Waals surface area contributed by atoms with Gasteiger partial charge in [0.05, 0.1) is 5.56 Å². The molecule has 0 N–H and O–H groups in total. The number of benzene rings is 3. The van der Waals surface area contributed by atoms with Crippen molar-refractivity contribution in [3.8, 4) is 0 Å². The summed E-state index contributed by atoms with van der Waals surface area (Å²) in [4.78, 5) is 27.0. The molecule has 0 aliphatic carbocycles. The number of ether oxygens (including phenoxy) is 1. The summed E-state index contributed by atoms with van der Waals surface area (Å²) in [5.74, 6) is -0.389. The van der Waals surface area contributed by atoms with E-state index in [1.165, 1.54) is 0 Å². The van der Waals surface area contributed by atoms with Gasteiger partial charge in [0.1, 0.15) is 5.69 Å². The third kappa shape index (κ3) is 4.86. The third-order valence-electron chi connectivity index (χ3n) is 7.86. The Morgan fingerprint density at radius 1 is 0.732 bits per heavy atom. The van der Waals surface area contributed by atoms with E-state index in [0.717, 1.165) is 52.7 Å². The molecule has 0 fully saturated rings. The van der Waals surface area contributed by atoms with Crippen LogP contribution in [0.2, 0.25) is 0 Å². The van der Waals surface area contributed by atoms with Gasteiger partial charge in [-0.25, -0.2) is 4.79 Å². The van der Waals surface area contributed by atoms with E-state index in [0.29, 0.717) is 11.3 Å². The number of aryl methyl sites for hydroxylation is 1. The average Bonchev–Trinajstić information content (AvgIpc) is 3.27. The number of esters is 1. The summed E-state index contributed by atoms with van der Waals surface area (Å²) in [5.41, 5.74) is 6.66. The number of hydrogen-bond acceptors (Lipinski definition) is 7. The van der Waals surface area contributed by atoms with Gasteiger partial charge in [-0.2, -0.15) is 0 Å². The predicted octanol–water partition coefficient (Wildman–Crippen LogP) is 6.58. The summed E-state index contributed by atoms with van der Waals surface area (Å²) in [6.45, 7) is 8.21. The molecule has 0 amide bonds. The zero-order valence-corrected chi connectivity index (χ0v) is 25.0. The second-order valence-electron chi connectivity index (χ2n) is 10.8. The lowest BCUT2D eigenvalue weighted by Crippen LogP contribution is -2.46. The summed E-state index contributed by atoms with van der Waals surface area (Å²) >= 11 is 0. The van der Waals surface area contributed by atoms with Gasteiger partial charge in [-0.1, -0.05) is 6.07 Å². The van der Waals surface area contributed by atoms with Crippen LogP contribution in [-0.2, 0) is 10.5 Å². The molecule has 0 saturated heterocycles. The van der Waals surface area contributed by atoms with Gasteiger partial charge < -0.3 is 19.4 Å². The number of nitrogens with zero attached hydrogens (tertiary/aromatic N) is 5. The predicted molar refractivity (Wildman–Crippen MR) is 169 cm³/mol. The average molecular weight is 550 g/mol. The van der Waals surface area contributed by atoms with Crippen LogP contribution < -0.4 is 19.6 Å². The minimum absolute atomic E-state index is 0.389. The number of pyridine rings is 1. The van der Waals surface area contributed by atoms with Gasteiger partial charge in [0.2, 0.25) is 0 Å². The molecule has 1 aliphatic rings. The molecule has 5 rings (SSSR count). The SMILES string of the molecule is CCN(CC)c1ccc(C2(N(c3ccc(N(C)C)cc3)c3ccc(N(C)C)cc3)OC(=O)c3cccnc32)c(C)c1. The Bertz CT molecular complexity index is 1480. The first-order chi connectivity index (χ1) is 19.7. The van der Waals surface area contributed by atoms with Gasteiger partial charge in [0.15, 0.2) is 0 Å².